The maximum Gasteiger partial charge on any atom is 0.257 e. The minimum absolute atomic E-state index is 0.171. The largest absolute Gasteiger partial charge is 0.348 e. The van der Waals surface area contributed by atoms with Crippen LogP contribution < -0.4 is 10.6 Å². The fourth-order valence-corrected chi connectivity index (χ4v) is 3.40. The third kappa shape index (κ3) is 6.37. The summed E-state index contributed by atoms with van der Waals surface area (Å²) in [6.45, 7) is 8.02. The average molecular weight is 414 g/mol. The SMILES string of the molecule is C=CC(=O)NCc1cccc(C[C@@H](C)c2cccc(NC(=O)c3cncc(C)c3)c2)c1. The number of pyridine rings is 1. The second-order valence-electron chi connectivity index (χ2n) is 7.68. The number of amides is 2. The molecule has 0 aliphatic rings. The Morgan fingerprint density at radius 3 is 2.61 bits per heavy atom. The van der Waals surface area contributed by atoms with Crippen molar-refractivity contribution in [1.82, 2.24) is 10.3 Å². The van der Waals surface area contributed by atoms with Gasteiger partial charge in [-0.15, -0.1) is 0 Å². The molecule has 158 valence electrons. The highest BCUT2D eigenvalue weighted by atomic mass is 16.2. The van der Waals surface area contributed by atoms with Crippen molar-refractivity contribution in [3.8, 4) is 0 Å². The number of benzene rings is 2. The van der Waals surface area contributed by atoms with Gasteiger partial charge in [-0.25, -0.2) is 0 Å². The lowest BCUT2D eigenvalue weighted by Crippen LogP contribution is -2.19. The molecule has 2 aromatic carbocycles. The summed E-state index contributed by atoms with van der Waals surface area (Å²) in [7, 11) is 0. The van der Waals surface area contributed by atoms with E-state index in [1.807, 2.05) is 43.3 Å². The molecular weight excluding hydrogens is 386 g/mol. The normalized spacial score (nSPS) is 11.4. The van der Waals surface area contributed by atoms with Crippen LogP contribution in [-0.4, -0.2) is 16.8 Å². The lowest BCUT2D eigenvalue weighted by Gasteiger charge is -2.15. The van der Waals surface area contributed by atoms with E-state index in [1.54, 1.807) is 12.4 Å². The van der Waals surface area contributed by atoms with Gasteiger partial charge < -0.3 is 10.6 Å². The van der Waals surface area contributed by atoms with Crippen LogP contribution in [0.2, 0.25) is 0 Å². The molecule has 0 unspecified atom stereocenters. The number of carbonyl (C=O) groups is 2. The van der Waals surface area contributed by atoms with Crippen LogP contribution in [0.4, 0.5) is 5.69 Å². The Morgan fingerprint density at radius 2 is 1.84 bits per heavy atom. The van der Waals surface area contributed by atoms with Crippen LogP contribution in [0.15, 0.2) is 79.6 Å². The predicted octanol–water partition coefficient (Wildman–Crippen LogP) is 4.79. The van der Waals surface area contributed by atoms with Gasteiger partial charge in [-0.1, -0.05) is 49.9 Å². The number of hydrogen-bond acceptors (Lipinski definition) is 3. The summed E-state index contributed by atoms with van der Waals surface area (Å²) >= 11 is 0. The first kappa shape index (κ1) is 22.0. The molecule has 2 N–H and O–H groups in total. The van der Waals surface area contributed by atoms with Crippen LogP contribution >= 0.6 is 0 Å². The van der Waals surface area contributed by atoms with Crippen molar-refractivity contribution in [2.45, 2.75) is 32.7 Å². The van der Waals surface area contributed by atoms with Gasteiger partial charge in [-0.05, 0) is 65.8 Å². The van der Waals surface area contributed by atoms with Crippen molar-refractivity contribution < 1.29 is 9.59 Å². The average Bonchev–Trinajstić information content (AvgIpc) is 2.78. The first-order valence-corrected chi connectivity index (χ1v) is 10.3. The van der Waals surface area contributed by atoms with Gasteiger partial charge in [0.1, 0.15) is 0 Å². The van der Waals surface area contributed by atoms with Gasteiger partial charge in [-0.3, -0.25) is 14.6 Å². The number of hydrogen-bond donors (Lipinski definition) is 2. The van der Waals surface area contributed by atoms with E-state index in [0.717, 1.165) is 28.8 Å². The highest BCUT2D eigenvalue weighted by Gasteiger charge is 2.11. The molecule has 1 aromatic heterocycles. The molecule has 0 bridgehead atoms. The Morgan fingerprint density at radius 1 is 1.06 bits per heavy atom. The Bertz CT molecular complexity index is 1090. The summed E-state index contributed by atoms with van der Waals surface area (Å²) in [4.78, 5) is 28.0. The molecule has 0 radical (unpaired) electrons. The smallest absolute Gasteiger partial charge is 0.257 e. The molecule has 5 heteroatoms. The third-order valence-corrected chi connectivity index (χ3v) is 5.04. The second kappa shape index (κ2) is 10.3. The minimum atomic E-state index is -0.181. The summed E-state index contributed by atoms with van der Waals surface area (Å²) in [5.74, 6) is -0.0927. The van der Waals surface area contributed by atoms with E-state index >= 15 is 0 Å². The molecule has 0 fully saturated rings. The number of nitrogens with zero attached hydrogens (tertiary/aromatic N) is 1. The van der Waals surface area contributed by atoms with Gasteiger partial charge >= 0.3 is 0 Å². The molecule has 0 saturated carbocycles. The molecule has 3 rings (SSSR count). The van der Waals surface area contributed by atoms with E-state index in [9.17, 15) is 9.59 Å². The molecule has 0 saturated heterocycles. The van der Waals surface area contributed by atoms with E-state index in [4.69, 9.17) is 0 Å². The van der Waals surface area contributed by atoms with E-state index in [0.29, 0.717) is 12.1 Å². The highest BCUT2D eigenvalue weighted by Crippen LogP contribution is 2.24. The van der Waals surface area contributed by atoms with Gasteiger partial charge in [0.2, 0.25) is 5.91 Å². The Balaban J connectivity index is 1.66. The van der Waals surface area contributed by atoms with Crippen LogP contribution in [0.5, 0.6) is 0 Å². The lowest BCUT2D eigenvalue weighted by atomic mass is 9.92. The summed E-state index contributed by atoms with van der Waals surface area (Å²) in [6, 6.07) is 17.9. The van der Waals surface area contributed by atoms with Crippen molar-refractivity contribution in [3.05, 3.63) is 107 Å². The minimum Gasteiger partial charge on any atom is -0.348 e. The summed E-state index contributed by atoms with van der Waals surface area (Å²) < 4.78 is 0. The fraction of sp³-hybridized carbons (Fsp3) is 0.192. The van der Waals surface area contributed by atoms with Crippen molar-refractivity contribution in [2.24, 2.45) is 0 Å². The number of aryl methyl sites for hydroxylation is 1. The standard InChI is InChI=1S/C26H27N3O2/c1-4-25(30)28-16-21-8-5-7-20(13-21)12-19(3)22-9-6-10-24(14-22)29-26(31)23-11-18(2)15-27-17-23/h4-11,13-15,17,19H,1,12,16H2,2-3H3,(H,28,30)(H,29,31)/t19-/m1/s1. The molecule has 5 nitrogen and oxygen atoms in total. The molecule has 2 amide bonds. The van der Waals surface area contributed by atoms with E-state index < -0.39 is 0 Å². The molecular formula is C26H27N3O2. The molecule has 3 aromatic rings. The zero-order valence-corrected chi connectivity index (χ0v) is 17.9. The van der Waals surface area contributed by atoms with Crippen molar-refractivity contribution in [2.75, 3.05) is 5.32 Å². The fourth-order valence-electron chi connectivity index (χ4n) is 3.40. The van der Waals surface area contributed by atoms with Crippen LogP contribution in [-0.2, 0) is 17.8 Å². The van der Waals surface area contributed by atoms with Crippen LogP contribution in [0.3, 0.4) is 0 Å². The van der Waals surface area contributed by atoms with E-state index in [-0.39, 0.29) is 17.7 Å². The lowest BCUT2D eigenvalue weighted by molar-refractivity contribution is -0.116. The van der Waals surface area contributed by atoms with Crippen molar-refractivity contribution >= 4 is 17.5 Å². The molecule has 0 spiro atoms. The van der Waals surface area contributed by atoms with Crippen molar-refractivity contribution in [3.63, 3.8) is 0 Å². The first-order valence-electron chi connectivity index (χ1n) is 10.3. The number of aromatic nitrogens is 1. The van der Waals surface area contributed by atoms with Gasteiger partial charge in [-0.2, -0.15) is 0 Å². The molecule has 31 heavy (non-hydrogen) atoms. The molecule has 1 atom stereocenters. The Kier molecular flexibility index (Phi) is 7.33. The van der Waals surface area contributed by atoms with Gasteiger partial charge in [0.25, 0.3) is 5.91 Å². The Hall–Kier alpha value is -3.73. The maximum atomic E-state index is 12.5. The highest BCUT2D eigenvalue weighted by molar-refractivity contribution is 6.04. The van der Waals surface area contributed by atoms with Crippen LogP contribution in [0.1, 0.15) is 45.5 Å². The number of nitrogens with one attached hydrogen (secondary N) is 2. The quantitative estimate of drug-likeness (QED) is 0.522. The van der Waals surface area contributed by atoms with Crippen LogP contribution in [0, 0.1) is 6.92 Å². The van der Waals surface area contributed by atoms with Crippen molar-refractivity contribution in [1.29, 1.82) is 0 Å². The molecule has 0 aliphatic carbocycles. The predicted molar refractivity (Wildman–Crippen MR) is 124 cm³/mol. The molecule has 1 heterocycles. The zero-order valence-electron chi connectivity index (χ0n) is 17.9. The maximum absolute atomic E-state index is 12.5. The zero-order chi connectivity index (χ0) is 22.2. The molecule has 0 aliphatic heterocycles. The second-order valence-corrected chi connectivity index (χ2v) is 7.68. The number of carbonyl (C=O) groups excluding carboxylic acids is 2. The third-order valence-electron chi connectivity index (χ3n) is 5.04. The summed E-state index contributed by atoms with van der Waals surface area (Å²) in [6.07, 6.45) is 5.41. The first-order chi connectivity index (χ1) is 14.9. The Labute approximate surface area is 183 Å². The van der Waals surface area contributed by atoms with Crippen LogP contribution in [0.25, 0.3) is 0 Å². The van der Waals surface area contributed by atoms with Gasteiger partial charge in [0.15, 0.2) is 0 Å². The van der Waals surface area contributed by atoms with Gasteiger partial charge in [0, 0.05) is 24.6 Å². The van der Waals surface area contributed by atoms with E-state index in [2.05, 4.69) is 47.3 Å². The van der Waals surface area contributed by atoms with E-state index in [1.165, 1.54) is 11.6 Å². The summed E-state index contributed by atoms with van der Waals surface area (Å²) in [5, 5.41) is 5.76. The number of rotatable bonds is 8. The summed E-state index contributed by atoms with van der Waals surface area (Å²) in [5.41, 5.74) is 5.63. The topological polar surface area (TPSA) is 71.1 Å². The van der Waals surface area contributed by atoms with Gasteiger partial charge in [0.05, 0.1) is 5.56 Å². The number of anilines is 1. The monoisotopic (exact) mass is 413 g/mol.